The number of halogens is 2. The van der Waals surface area contributed by atoms with E-state index in [9.17, 15) is 9.59 Å². The quantitative estimate of drug-likeness (QED) is 0.403. The standard InChI is InChI=1S/C22H25Cl2NO4/c1-16(9-10-17-6-3-2-4-7-17)25-21(26)15-29-22(27)8-5-13-28-20-12-11-18(23)14-19(20)24/h2-4,6-7,11-12,14,16H,5,8-10,13,15H2,1H3,(H,25,26). The van der Waals surface area contributed by atoms with Crippen molar-refractivity contribution in [3.05, 3.63) is 64.1 Å². The highest BCUT2D eigenvalue weighted by Crippen LogP contribution is 2.27. The maximum absolute atomic E-state index is 11.9. The first-order valence-electron chi connectivity index (χ1n) is 9.51. The summed E-state index contributed by atoms with van der Waals surface area (Å²) in [6.45, 7) is 1.96. The molecule has 7 heteroatoms. The zero-order valence-corrected chi connectivity index (χ0v) is 17.8. The van der Waals surface area contributed by atoms with E-state index in [1.165, 1.54) is 5.56 Å². The van der Waals surface area contributed by atoms with Gasteiger partial charge >= 0.3 is 5.97 Å². The molecule has 29 heavy (non-hydrogen) atoms. The fourth-order valence-electron chi connectivity index (χ4n) is 2.63. The van der Waals surface area contributed by atoms with Gasteiger partial charge in [0.05, 0.1) is 11.6 Å². The van der Waals surface area contributed by atoms with Crippen LogP contribution in [-0.4, -0.2) is 31.1 Å². The summed E-state index contributed by atoms with van der Waals surface area (Å²) in [5, 5.41) is 3.78. The molecule has 2 aromatic rings. The molecular formula is C22H25Cl2NO4. The predicted molar refractivity (Wildman–Crippen MR) is 115 cm³/mol. The first-order valence-corrected chi connectivity index (χ1v) is 10.3. The minimum atomic E-state index is -0.442. The molecule has 0 saturated carbocycles. The maximum Gasteiger partial charge on any atom is 0.306 e. The van der Waals surface area contributed by atoms with E-state index in [1.54, 1.807) is 18.2 Å². The summed E-state index contributed by atoms with van der Waals surface area (Å²) in [5.74, 6) is -0.237. The summed E-state index contributed by atoms with van der Waals surface area (Å²) in [6.07, 6.45) is 2.29. The average Bonchev–Trinajstić information content (AvgIpc) is 2.70. The summed E-state index contributed by atoms with van der Waals surface area (Å²) in [5.41, 5.74) is 1.22. The highest BCUT2D eigenvalue weighted by Gasteiger charge is 2.11. The summed E-state index contributed by atoms with van der Waals surface area (Å²) >= 11 is 11.8. The lowest BCUT2D eigenvalue weighted by Crippen LogP contribution is -2.36. The molecule has 0 saturated heterocycles. The number of carbonyl (C=O) groups excluding carboxylic acids is 2. The van der Waals surface area contributed by atoms with Crippen LogP contribution in [0.4, 0.5) is 0 Å². The fraction of sp³-hybridized carbons (Fsp3) is 0.364. The van der Waals surface area contributed by atoms with Crippen molar-refractivity contribution < 1.29 is 19.1 Å². The molecule has 0 aromatic heterocycles. The van der Waals surface area contributed by atoms with Gasteiger partial charge in [0.15, 0.2) is 6.61 Å². The van der Waals surface area contributed by atoms with Crippen LogP contribution in [0.5, 0.6) is 5.75 Å². The minimum Gasteiger partial charge on any atom is -0.492 e. The van der Waals surface area contributed by atoms with Crippen LogP contribution >= 0.6 is 23.2 Å². The van der Waals surface area contributed by atoms with Gasteiger partial charge in [0.1, 0.15) is 5.75 Å². The molecule has 0 radical (unpaired) electrons. The smallest absolute Gasteiger partial charge is 0.306 e. The monoisotopic (exact) mass is 437 g/mol. The minimum absolute atomic E-state index is 0.000988. The van der Waals surface area contributed by atoms with Crippen molar-refractivity contribution in [1.82, 2.24) is 5.32 Å². The Morgan fingerprint density at radius 3 is 2.59 bits per heavy atom. The first kappa shape index (κ1) is 23.0. The SMILES string of the molecule is CC(CCc1ccccc1)NC(=O)COC(=O)CCCOc1ccc(Cl)cc1Cl. The number of hydrogen-bond acceptors (Lipinski definition) is 4. The second-order valence-electron chi connectivity index (χ2n) is 6.68. The molecule has 1 amide bonds. The van der Waals surface area contributed by atoms with Crippen molar-refractivity contribution in [3.63, 3.8) is 0 Å². The number of nitrogens with one attached hydrogen (secondary N) is 1. The molecule has 0 bridgehead atoms. The third-order valence-corrected chi connectivity index (χ3v) is 4.69. The number of amides is 1. The number of aryl methyl sites for hydroxylation is 1. The van der Waals surface area contributed by atoms with Gasteiger partial charge in [-0.1, -0.05) is 53.5 Å². The van der Waals surface area contributed by atoms with Crippen molar-refractivity contribution in [2.24, 2.45) is 0 Å². The molecular weight excluding hydrogens is 413 g/mol. The number of benzene rings is 2. The van der Waals surface area contributed by atoms with Gasteiger partial charge in [-0.2, -0.15) is 0 Å². The summed E-state index contributed by atoms with van der Waals surface area (Å²) < 4.78 is 10.5. The van der Waals surface area contributed by atoms with Crippen molar-refractivity contribution in [2.45, 2.75) is 38.6 Å². The van der Waals surface area contributed by atoms with Gasteiger partial charge < -0.3 is 14.8 Å². The molecule has 1 N–H and O–H groups in total. The molecule has 0 aliphatic carbocycles. The number of hydrogen-bond donors (Lipinski definition) is 1. The van der Waals surface area contributed by atoms with E-state index in [1.807, 2.05) is 25.1 Å². The van der Waals surface area contributed by atoms with E-state index in [-0.39, 0.29) is 25.0 Å². The molecule has 1 atom stereocenters. The Labute approximate surface area is 181 Å². The second-order valence-corrected chi connectivity index (χ2v) is 7.52. The molecule has 0 fully saturated rings. The summed E-state index contributed by atoms with van der Waals surface area (Å²) in [6, 6.07) is 15.0. The fourth-order valence-corrected chi connectivity index (χ4v) is 3.09. The second kappa shape index (κ2) is 12.3. The van der Waals surface area contributed by atoms with Gasteiger partial charge in [0.25, 0.3) is 5.91 Å². The topological polar surface area (TPSA) is 64.6 Å². The zero-order valence-electron chi connectivity index (χ0n) is 16.3. The molecule has 2 aromatic carbocycles. The van der Waals surface area contributed by atoms with Crippen LogP contribution in [-0.2, 0) is 20.7 Å². The molecule has 5 nitrogen and oxygen atoms in total. The van der Waals surface area contributed by atoms with E-state index in [0.717, 1.165) is 12.8 Å². The normalized spacial score (nSPS) is 11.6. The molecule has 0 aliphatic rings. The number of ether oxygens (including phenoxy) is 2. The lowest BCUT2D eigenvalue weighted by molar-refractivity contribution is -0.148. The number of rotatable bonds is 11. The molecule has 0 spiro atoms. The highest BCUT2D eigenvalue weighted by atomic mass is 35.5. The van der Waals surface area contributed by atoms with Gasteiger partial charge in [-0.15, -0.1) is 0 Å². The number of carbonyl (C=O) groups is 2. The Balaban J connectivity index is 1.56. The van der Waals surface area contributed by atoms with Crippen LogP contribution in [0.1, 0.15) is 31.7 Å². The summed E-state index contributed by atoms with van der Waals surface area (Å²) in [7, 11) is 0. The van der Waals surface area contributed by atoms with Crippen LogP contribution in [0.25, 0.3) is 0 Å². The molecule has 0 aliphatic heterocycles. The van der Waals surface area contributed by atoms with Crippen LogP contribution in [0.2, 0.25) is 10.0 Å². The van der Waals surface area contributed by atoms with Crippen LogP contribution < -0.4 is 10.1 Å². The molecule has 1 unspecified atom stereocenters. The van der Waals surface area contributed by atoms with Crippen LogP contribution in [0, 0.1) is 0 Å². The van der Waals surface area contributed by atoms with E-state index in [2.05, 4.69) is 17.4 Å². The van der Waals surface area contributed by atoms with Gasteiger partial charge in [-0.05, 0) is 49.9 Å². The summed E-state index contributed by atoms with van der Waals surface area (Å²) in [4.78, 5) is 23.7. The van der Waals surface area contributed by atoms with Crippen LogP contribution in [0.15, 0.2) is 48.5 Å². The first-order chi connectivity index (χ1) is 13.9. The van der Waals surface area contributed by atoms with Crippen molar-refractivity contribution in [2.75, 3.05) is 13.2 Å². The largest absolute Gasteiger partial charge is 0.492 e. The molecule has 0 heterocycles. The Bertz CT molecular complexity index is 799. The predicted octanol–water partition coefficient (Wildman–Crippen LogP) is 4.83. The molecule has 2 rings (SSSR count). The Kier molecular flexibility index (Phi) is 9.81. The van der Waals surface area contributed by atoms with Gasteiger partial charge in [-0.25, -0.2) is 0 Å². The van der Waals surface area contributed by atoms with Crippen molar-refractivity contribution in [3.8, 4) is 5.75 Å². The third kappa shape index (κ3) is 9.20. The highest BCUT2D eigenvalue weighted by molar-refractivity contribution is 6.35. The average molecular weight is 438 g/mol. The Morgan fingerprint density at radius 2 is 1.86 bits per heavy atom. The van der Waals surface area contributed by atoms with Gasteiger partial charge in [-0.3, -0.25) is 9.59 Å². The third-order valence-electron chi connectivity index (χ3n) is 4.16. The van der Waals surface area contributed by atoms with E-state index < -0.39 is 5.97 Å². The molecule has 156 valence electrons. The van der Waals surface area contributed by atoms with Crippen molar-refractivity contribution in [1.29, 1.82) is 0 Å². The Morgan fingerprint density at radius 1 is 1.10 bits per heavy atom. The lowest BCUT2D eigenvalue weighted by atomic mass is 10.1. The zero-order chi connectivity index (χ0) is 21.1. The van der Waals surface area contributed by atoms with E-state index in [0.29, 0.717) is 28.8 Å². The Hall–Kier alpha value is -2.24. The van der Waals surface area contributed by atoms with Crippen molar-refractivity contribution >= 4 is 35.1 Å². The van der Waals surface area contributed by atoms with Crippen LogP contribution in [0.3, 0.4) is 0 Å². The number of esters is 1. The van der Waals surface area contributed by atoms with E-state index in [4.69, 9.17) is 32.7 Å². The van der Waals surface area contributed by atoms with E-state index >= 15 is 0 Å². The van der Waals surface area contributed by atoms with Gasteiger partial charge in [0, 0.05) is 17.5 Å². The maximum atomic E-state index is 11.9. The van der Waals surface area contributed by atoms with Gasteiger partial charge in [0.2, 0.25) is 0 Å². The lowest BCUT2D eigenvalue weighted by Gasteiger charge is -2.14.